The maximum Gasteiger partial charge on any atom is 0.317 e. The molecule has 0 aromatic heterocycles. The number of anilines is 1. The van der Waals surface area contributed by atoms with Crippen molar-refractivity contribution in [3.63, 3.8) is 0 Å². The van der Waals surface area contributed by atoms with E-state index >= 15 is 0 Å². The number of carboxylic acid groups (broad SMARTS) is 1. The highest BCUT2D eigenvalue weighted by Crippen LogP contribution is 2.23. The summed E-state index contributed by atoms with van der Waals surface area (Å²) in [6.07, 6.45) is 2.06. The molecule has 1 N–H and O–H groups in total. The Bertz CT molecular complexity index is 425. The molecule has 0 radical (unpaired) electrons. The highest BCUT2D eigenvalue weighted by atomic mass is 16.4. The predicted molar refractivity (Wildman–Crippen MR) is 81.2 cm³/mol. The zero-order valence-electron chi connectivity index (χ0n) is 12.3. The van der Waals surface area contributed by atoms with E-state index < -0.39 is 5.97 Å². The molecule has 1 aliphatic heterocycles. The van der Waals surface area contributed by atoms with Crippen molar-refractivity contribution in [1.82, 2.24) is 4.90 Å². The van der Waals surface area contributed by atoms with Gasteiger partial charge in [-0.15, -0.1) is 0 Å². The Morgan fingerprint density at radius 1 is 1.30 bits per heavy atom. The van der Waals surface area contributed by atoms with Gasteiger partial charge in [0.1, 0.15) is 0 Å². The first kappa shape index (κ1) is 14.9. The van der Waals surface area contributed by atoms with Crippen molar-refractivity contribution in [1.29, 1.82) is 0 Å². The number of para-hydroxylation sites is 1. The molecule has 4 heteroatoms. The monoisotopic (exact) mass is 276 g/mol. The summed E-state index contributed by atoms with van der Waals surface area (Å²) in [6, 6.07) is 11.1. The van der Waals surface area contributed by atoms with Crippen molar-refractivity contribution in [2.24, 2.45) is 0 Å². The summed E-state index contributed by atoms with van der Waals surface area (Å²) in [7, 11) is 0. The quantitative estimate of drug-likeness (QED) is 0.897. The number of piperidine rings is 1. The molecular weight excluding hydrogens is 252 g/mol. The average Bonchev–Trinajstić information content (AvgIpc) is 2.45. The second kappa shape index (κ2) is 6.75. The Hall–Kier alpha value is -1.55. The van der Waals surface area contributed by atoms with E-state index in [1.807, 2.05) is 6.07 Å². The number of benzene rings is 1. The third-order valence-electron chi connectivity index (χ3n) is 4.04. The topological polar surface area (TPSA) is 43.8 Å². The highest BCUT2D eigenvalue weighted by molar-refractivity contribution is 5.69. The minimum Gasteiger partial charge on any atom is -0.480 e. The molecular formula is C16H24N2O2. The van der Waals surface area contributed by atoms with Gasteiger partial charge in [-0.1, -0.05) is 18.2 Å². The summed E-state index contributed by atoms with van der Waals surface area (Å²) in [6.45, 7) is 6.29. The molecule has 0 saturated carbocycles. The molecule has 2 rings (SSSR count). The van der Waals surface area contributed by atoms with E-state index in [1.54, 1.807) is 0 Å². The van der Waals surface area contributed by atoms with Crippen LogP contribution in [0.15, 0.2) is 30.3 Å². The number of carboxylic acids is 1. The molecule has 110 valence electrons. The van der Waals surface area contributed by atoms with Crippen LogP contribution in [0.4, 0.5) is 5.69 Å². The van der Waals surface area contributed by atoms with Crippen LogP contribution in [0.3, 0.4) is 0 Å². The molecule has 1 saturated heterocycles. The predicted octanol–water partition coefficient (Wildman–Crippen LogP) is 2.45. The zero-order valence-corrected chi connectivity index (χ0v) is 12.3. The molecule has 0 bridgehead atoms. The Morgan fingerprint density at radius 3 is 2.40 bits per heavy atom. The fraction of sp³-hybridized carbons (Fsp3) is 0.562. The van der Waals surface area contributed by atoms with E-state index in [0.29, 0.717) is 6.04 Å². The van der Waals surface area contributed by atoms with Gasteiger partial charge in [0.05, 0.1) is 6.54 Å². The van der Waals surface area contributed by atoms with Crippen LogP contribution in [0.2, 0.25) is 0 Å². The van der Waals surface area contributed by atoms with Gasteiger partial charge in [-0.25, -0.2) is 0 Å². The number of hydrogen-bond donors (Lipinski definition) is 1. The zero-order chi connectivity index (χ0) is 14.5. The van der Waals surface area contributed by atoms with E-state index in [1.165, 1.54) is 5.69 Å². The van der Waals surface area contributed by atoms with Gasteiger partial charge < -0.3 is 10.0 Å². The molecule has 4 nitrogen and oxygen atoms in total. The summed E-state index contributed by atoms with van der Waals surface area (Å²) in [5, 5.41) is 9.04. The van der Waals surface area contributed by atoms with Crippen molar-refractivity contribution >= 4 is 11.7 Å². The van der Waals surface area contributed by atoms with Gasteiger partial charge in [0.15, 0.2) is 0 Å². The highest BCUT2D eigenvalue weighted by Gasteiger charge is 2.27. The van der Waals surface area contributed by atoms with Crippen molar-refractivity contribution in [2.75, 3.05) is 24.5 Å². The van der Waals surface area contributed by atoms with Crippen LogP contribution in [0.1, 0.15) is 26.7 Å². The number of carbonyl (C=O) groups is 1. The van der Waals surface area contributed by atoms with Crippen LogP contribution in [0, 0.1) is 0 Å². The third kappa shape index (κ3) is 3.73. The first-order chi connectivity index (χ1) is 9.58. The number of hydrogen-bond acceptors (Lipinski definition) is 3. The minimum atomic E-state index is -0.732. The van der Waals surface area contributed by atoms with E-state index in [2.05, 4.69) is 47.9 Å². The van der Waals surface area contributed by atoms with Crippen molar-refractivity contribution in [2.45, 2.75) is 38.8 Å². The molecule has 0 spiro atoms. The first-order valence-electron chi connectivity index (χ1n) is 7.35. The van der Waals surface area contributed by atoms with Gasteiger partial charge in [-0.2, -0.15) is 0 Å². The summed E-state index contributed by atoms with van der Waals surface area (Å²) >= 11 is 0. The Kier molecular flexibility index (Phi) is 5.01. The van der Waals surface area contributed by atoms with Gasteiger partial charge in [-0.05, 0) is 38.8 Å². The fourth-order valence-corrected chi connectivity index (χ4v) is 2.98. The van der Waals surface area contributed by atoms with E-state index in [-0.39, 0.29) is 12.6 Å². The number of nitrogens with zero attached hydrogens (tertiary/aromatic N) is 2. The van der Waals surface area contributed by atoms with Crippen LogP contribution in [-0.2, 0) is 4.79 Å². The molecule has 1 aromatic carbocycles. The SMILES string of the molecule is CC(C)N(CC(=O)O)C1CCN(c2ccccc2)CC1. The van der Waals surface area contributed by atoms with Gasteiger partial charge in [0.25, 0.3) is 0 Å². The first-order valence-corrected chi connectivity index (χ1v) is 7.35. The molecule has 0 aliphatic carbocycles. The lowest BCUT2D eigenvalue weighted by Crippen LogP contribution is -2.49. The smallest absolute Gasteiger partial charge is 0.317 e. The van der Waals surface area contributed by atoms with Gasteiger partial charge in [0, 0.05) is 30.9 Å². The molecule has 20 heavy (non-hydrogen) atoms. The van der Waals surface area contributed by atoms with Crippen molar-refractivity contribution in [3.8, 4) is 0 Å². The second-order valence-corrected chi connectivity index (χ2v) is 5.71. The van der Waals surface area contributed by atoms with Gasteiger partial charge in [-0.3, -0.25) is 9.69 Å². The average molecular weight is 276 g/mol. The van der Waals surface area contributed by atoms with Crippen LogP contribution >= 0.6 is 0 Å². The standard InChI is InChI=1S/C16H24N2O2/c1-13(2)18(12-16(19)20)15-8-10-17(11-9-15)14-6-4-3-5-7-14/h3-7,13,15H,8-12H2,1-2H3,(H,19,20). The lowest BCUT2D eigenvalue weighted by atomic mass is 10.0. The Labute approximate surface area is 121 Å². The molecule has 0 atom stereocenters. The third-order valence-corrected chi connectivity index (χ3v) is 4.04. The maximum atomic E-state index is 11.0. The number of aliphatic carboxylic acids is 1. The normalized spacial score (nSPS) is 16.9. The van der Waals surface area contributed by atoms with Crippen LogP contribution in [-0.4, -0.2) is 47.7 Å². The molecule has 1 aliphatic rings. The maximum absolute atomic E-state index is 11.0. The van der Waals surface area contributed by atoms with E-state index in [9.17, 15) is 4.79 Å². The van der Waals surface area contributed by atoms with E-state index in [0.717, 1.165) is 25.9 Å². The second-order valence-electron chi connectivity index (χ2n) is 5.71. The lowest BCUT2D eigenvalue weighted by molar-refractivity contribution is -0.139. The Balaban J connectivity index is 1.94. The molecule has 1 fully saturated rings. The summed E-state index contributed by atoms with van der Waals surface area (Å²) < 4.78 is 0. The fourth-order valence-electron chi connectivity index (χ4n) is 2.98. The van der Waals surface area contributed by atoms with Crippen LogP contribution < -0.4 is 4.90 Å². The molecule has 0 amide bonds. The van der Waals surface area contributed by atoms with Crippen LogP contribution in [0.5, 0.6) is 0 Å². The van der Waals surface area contributed by atoms with Gasteiger partial charge in [0.2, 0.25) is 0 Å². The van der Waals surface area contributed by atoms with Crippen molar-refractivity contribution in [3.05, 3.63) is 30.3 Å². The Morgan fingerprint density at radius 2 is 1.90 bits per heavy atom. The number of rotatable bonds is 5. The van der Waals surface area contributed by atoms with Crippen LogP contribution in [0.25, 0.3) is 0 Å². The minimum absolute atomic E-state index is 0.146. The molecule has 1 heterocycles. The van der Waals surface area contributed by atoms with Gasteiger partial charge >= 0.3 is 5.97 Å². The molecule has 0 unspecified atom stereocenters. The summed E-state index contributed by atoms with van der Waals surface area (Å²) in [5.74, 6) is -0.732. The largest absolute Gasteiger partial charge is 0.480 e. The van der Waals surface area contributed by atoms with Crippen molar-refractivity contribution < 1.29 is 9.90 Å². The van der Waals surface area contributed by atoms with E-state index in [4.69, 9.17) is 5.11 Å². The summed E-state index contributed by atoms with van der Waals surface area (Å²) in [5.41, 5.74) is 1.26. The summed E-state index contributed by atoms with van der Waals surface area (Å²) in [4.78, 5) is 15.5. The lowest BCUT2D eigenvalue weighted by Gasteiger charge is -2.40. The molecule has 1 aromatic rings.